The third-order valence-electron chi connectivity index (χ3n) is 7.31. The lowest BCUT2D eigenvalue weighted by atomic mass is 9.76. The minimum Gasteiger partial charge on any atom is -0.494 e. The molecular weight excluding hydrogens is 442 g/mol. The highest BCUT2D eigenvalue weighted by molar-refractivity contribution is 5.48. The minimum atomic E-state index is 0.272. The predicted octanol–water partition coefficient (Wildman–Crippen LogP) is 8.06. The fourth-order valence-corrected chi connectivity index (χ4v) is 5.31. The van der Waals surface area contributed by atoms with Crippen molar-refractivity contribution >= 4 is 0 Å². The topological polar surface area (TPSA) is 21.7 Å². The highest BCUT2D eigenvalue weighted by Gasteiger charge is 2.33. The van der Waals surface area contributed by atoms with Gasteiger partial charge in [-0.15, -0.1) is 0 Å². The van der Waals surface area contributed by atoms with Gasteiger partial charge in [-0.25, -0.2) is 0 Å². The van der Waals surface area contributed by atoms with Crippen LogP contribution >= 0.6 is 0 Å². The Morgan fingerprint density at radius 2 is 1.33 bits per heavy atom. The number of fused-ring (bicyclic) bond motifs is 1. The van der Waals surface area contributed by atoms with Gasteiger partial charge in [0.05, 0.1) is 13.2 Å². The van der Waals surface area contributed by atoms with Gasteiger partial charge in [0.1, 0.15) is 11.5 Å². The van der Waals surface area contributed by atoms with Gasteiger partial charge in [-0.2, -0.15) is 0 Å². The fraction of sp³-hybridized carbons (Fsp3) is 0.455. The second-order valence-electron chi connectivity index (χ2n) is 10.4. The molecule has 0 bridgehead atoms. The second-order valence-corrected chi connectivity index (χ2v) is 10.4. The molecule has 0 fully saturated rings. The Hall–Kier alpha value is -2.78. The number of hydrogen-bond donors (Lipinski definition) is 0. The maximum Gasteiger partial charge on any atom is 0.123 e. The standard InChI is InChI=1S/C33H43NO2/c1-34(2)24-14-7-5-3-4-6-8-15-25-35-29-22-20-28(21-23-29)33-30-18-12-13-19-32(30)36-26-31(33)27-16-10-9-11-17-27/h9-13,16-23,31,33H,3-8,14-15,24-26H2,1-2H3. The van der Waals surface area contributed by atoms with Crippen LogP contribution in [0.2, 0.25) is 0 Å². The van der Waals surface area contributed by atoms with Gasteiger partial charge >= 0.3 is 0 Å². The van der Waals surface area contributed by atoms with E-state index in [1.165, 1.54) is 68.2 Å². The van der Waals surface area contributed by atoms with Gasteiger partial charge in [0.15, 0.2) is 0 Å². The van der Waals surface area contributed by atoms with E-state index in [1.807, 2.05) is 0 Å². The minimum absolute atomic E-state index is 0.272. The van der Waals surface area contributed by atoms with Crippen molar-refractivity contribution < 1.29 is 9.47 Å². The number of benzene rings is 3. The first-order valence-electron chi connectivity index (χ1n) is 13.9. The molecule has 1 aliphatic heterocycles. The van der Waals surface area contributed by atoms with Gasteiger partial charge in [-0.3, -0.25) is 0 Å². The molecule has 192 valence electrons. The van der Waals surface area contributed by atoms with E-state index in [9.17, 15) is 0 Å². The molecule has 2 atom stereocenters. The van der Waals surface area contributed by atoms with Crippen LogP contribution in [0.4, 0.5) is 0 Å². The van der Waals surface area contributed by atoms with E-state index in [1.54, 1.807) is 0 Å². The average Bonchev–Trinajstić information content (AvgIpc) is 2.92. The van der Waals surface area contributed by atoms with Crippen LogP contribution in [0.1, 0.15) is 79.9 Å². The summed E-state index contributed by atoms with van der Waals surface area (Å²) in [5.74, 6) is 2.54. The molecule has 1 heterocycles. The first-order valence-corrected chi connectivity index (χ1v) is 13.9. The fourth-order valence-electron chi connectivity index (χ4n) is 5.31. The Balaban J connectivity index is 1.25. The van der Waals surface area contributed by atoms with Crippen molar-refractivity contribution in [1.82, 2.24) is 4.90 Å². The average molecular weight is 486 g/mol. The first-order chi connectivity index (χ1) is 17.7. The molecule has 2 unspecified atom stereocenters. The zero-order chi connectivity index (χ0) is 25.0. The van der Waals surface area contributed by atoms with Crippen molar-refractivity contribution in [3.63, 3.8) is 0 Å². The third-order valence-corrected chi connectivity index (χ3v) is 7.31. The Labute approximate surface area is 218 Å². The summed E-state index contributed by atoms with van der Waals surface area (Å²) in [6.07, 6.45) is 10.5. The number of hydrogen-bond acceptors (Lipinski definition) is 3. The predicted molar refractivity (Wildman–Crippen MR) is 150 cm³/mol. The molecule has 0 amide bonds. The Bertz CT molecular complexity index is 1020. The molecule has 0 N–H and O–H groups in total. The third kappa shape index (κ3) is 7.61. The molecule has 0 aliphatic carbocycles. The van der Waals surface area contributed by atoms with Crippen LogP contribution in [0.25, 0.3) is 0 Å². The summed E-state index contributed by atoms with van der Waals surface area (Å²) < 4.78 is 12.2. The van der Waals surface area contributed by atoms with E-state index in [-0.39, 0.29) is 5.92 Å². The lowest BCUT2D eigenvalue weighted by Crippen LogP contribution is -2.25. The monoisotopic (exact) mass is 485 g/mol. The Morgan fingerprint density at radius 1 is 0.694 bits per heavy atom. The summed E-state index contributed by atoms with van der Waals surface area (Å²) in [5.41, 5.74) is 3.91. The summed E-state index contributed by atoms with van der Waals surface area (Å²) in [6.45, 7) is 2.71. The van der Waals surface area contributed by atoms with Gasteiger partial charge in [-0.1, -0.05) is 99.2 Å². The van der Waals surface area contributed by atoms with Crippen LogP contribution in [-0.2, 0) is 0 Å². The van der Waals surface area contributed by atoms with Crippen molar-refractivity contribution in [2.75, 3.05) is 33.9 Å². The van der Waals surface area contributed by atoms with E-state index < -0.39 is 0 Å². The van der Waals surface area contributed by atoms with Crippen molar-refractivity contribution in [2.45, 2.75) is 63.2 Å². The van der Waals surface area contributed by atoms with E-state index in [2.05, 4.69) is 97.9 Å². The smallest absolute Gasteiger partial charge is 0.123 e. The molecule has 3 heteroatoms. The SMILES string of the molecule is CN(C)CCCCCCCCCCOc1ccc(C2c3ccccc3OCC2c2ccccc2)cc1. The molecule has 3 aromatic rings. The number of para-hydroxylation sites is 1. The molecule has 0 aromatic heterocycles. The van der Waals surface area contributed by atoms with E-state index >= 15 is 0 Å². The molecule has 0 spiro atoms. The maximum atomic E-state index is 6.17. The van der Waals surface area contributed by atoms with Gasteiger partial charge in [0, 0.05) is 17.4 Å². The maximum absolute atomic E-state index is 6.17. The lowest BCUT2D eigenvalue weighted by Gasteiger charge is -2.34. The first kappa shape index (κ1) is 26.3. The van der Waals surface area contributed by atoms with Gasteiger partial charge in [0.2, 0.25) is 0 Å². The summed E-state index contributed by atoms with van der Waals surface area (Å²) in [5, 5.41) is 0. The molecule has 3 aromatic carbocycles. The normalized spacial score (nSPS) is 17.0. The number of ether oxygens (including phenoxy) is 2. The molecule has 3 nitrogen and oxygen atoms in total. The van der Waals surface area contributed by atoms with Crippen LogP contribution in [0.5, 0.6) is 11.5 Å². The number of rotatable bonds is 14. The van der Waals surface area contributed by atoms with Crippen molar-refractivity contribution in [1.29, 1.82) is 0 Å². The second kappa shape index (κ2) is 14.1. The zero-order valence-electron chi connectivity index (χ0n) is 22.2. The zero-order valence-corrected chi connectivity index (χ0v) is 22.2. The van der Waals surface area contributed by atoms with Crippen molar-refractivity contribution in [3.8, 4) is 11.5 Å². The van der Waals surface area contributed by atoms with Crippen LogP contribution in [0, 0.1) is 0 Å². The van der Waals surface area contributed by atoms with Crippen LogP contribution in [0.15, 0.2) is 78.9 Å². The van der Waals surface area contributed by atoms with Crippen LogP contribution in [0.3, 0.4) is 0 Å². The van der Waals surface area contributed by atoms with Gasteiger partial charge in [0.25, 0.3) is 0 Å². The quantitative estimate of drug-likeness (QED) is 0.216. The van der Waals surface area contributed by atoms with E-state index in [0.29, 0.717) is 12.5 Å². The molecule has 36 heavy (non-hydrogen) atoms. The highest BCUT2D eigenvalue weighted by atomic mass is 16.5. The van der Waals surface area contributed by atoms with Crippen LogP contribution in [-0.4, -0.2) is 38.8 Å². The summed E-state index contributed by atoms with van der Waals surface area (Å²) in [6, 6.07) is 28.0. The molecular formula is C33H43NO2. The van der Waals surface area contributed by atoms with Crippen molar-refractivity contribution in [2.24, 2.45) is 0 Å². The molecule has 0 saturated heterocycles. The molecule has 0 radical (unpaired) electrons. The van der Waals surface area contributed by atoms with Gasteiger partial charge in [-0.05, 0) is 62.8 Å². The molecule has 1 aliphatic rings. The Morgan fingerprint density at radius 3 is 2.06 bits per heavy atom. The largest absolute Gasteiger partial charge is 0.494 e. The van der Waals surface area contributed by atoms with Crippen LogP contribution < -0.4 is 9.47 Å². The Kier molecular flexibility index (Phi) is 10.3. The van der Waals surface area contributed by atoms with E-state index in [0.717, 1.165) is 24.5 Å². The van der Waals surface area contributed by atoms with E-state index in [4.69, 9.17) is 9.47 Å². The molecule has 0 saturated carbocycles. The molecule has 4 rings (SSSR count). The summed E-state index contributed by atoms with van der Waals surface area (Å²) in [4.78, 5) is 2.28. The van der Waals surface area contributed by atoms with Gasteiger partial charge < -0.3 is 14.4 Å². The lowest BCUT2D eigenvalue weighted by molar-refractivity contribution is 0.249. The summed E-state index contributed by atoms with van der Waals surface area (Å²) in [7, 11) is 4.31. The van der Waals surface area contributed by atoms with Crippen molar-refractivity contribution in [3.05, 3.63) is 95.6 Å². The highest BCUT2D eigenvalue weighted by Crippen LogP contribution is 2.46. The summed E-state index contributed by atoms with van der Waals surface area (Å²) >= 11 is 0. The number of nitrogens with zero attached hydrogens (tertiary/aromatic N) is 1. The number of unbranched alkanes of at least 4 members (excludes halogenated alkanes) is 7.